The minimum atomic E-state index is -0.0140. The summed E-state index contributed by atoms with van der Waals surface area (Å²) in [6.07, 6.45) is 6.53. The molecule has 122 valence electrons. The van der Waals surface area contributed by atoms with E-state index < -0.39 is 0 Å². The average Bonchev–Trinajstić information content (AvgIpc) is 3.00. The van der Waals surface area contributed by atoms with Gasteiger partial charge in [-0.3, -0.25) is 5.32 Å². The highest BCUT2D eigenvalue weighted by Gasteiger charge is 2.39. The molecule has 2 N–H and O–H groups in total. The van der Waals surface area contributed by atoms with E-state index in [1.54, 1.807) is 0 Å². The number of halogens is 1. The maximum Gasteiger partial charge on any atom is 0.0995 e. The van der Waals surface area contributed by atoms with E-state index in [0.717, 1.165) is 16.2 Å². The molecule has 2 aliphatic rings. The fourth-order valence-electron chi connectivity index (χ4n) is 3.48. The highest BCUT2D eigenvalue weighted by atomic mass is 35.5. The SMILES string of the molecule is OCC1C(c2ccc(Cl)cc2)NC2C=CC(c3ccccc3)=CN21. The van der Waals surface area contributed by atoms with Crippen LogP contribution in [0.3, 0.4) is 0 Å². The fraction of sp³-hybridized carbons (Fsp3) is 0.200. The molecule has 0 aromatic heterocycles. The van der Waals surface area contributed by atoms with Crippen LogP contribution in [0.25, 0.3) is 5.57 Å². The summed E-state index contributed by atoms with van der Waals surface area (Å²) in [5, 5.41) is 14.3. The number of fused-ring (bicyclic) bond motifs is 1. The Kier molecular flexibility index (Phi) is 4.15. The zero-order valence-corrected chi connectivity index (χ0v) is 13.9. The smallest absolute Gasteiger partial charge is 0.0995 e. The van der Waals surface area contributed by atoms with Gasteiger partial charge in [0.15, 0.2) is 0 Å². The first-order valence-electron chi connectivity index (χ1n) is 8.11. The maximum atomic E-state index is 9.99. The molecule has 1 saturated heterocycles. The molecule has 0 saturated carbocycles. The molecular formula is C20H19ClN2O. The van der Waals surface area contributed by atoms with Gasteiger partial charge in [-0.25, -0.2) is 0 Å². The molecule has 3 nitrogen and oxygen atoms in total. The molecule has 0 bridgehead atoms. The van der Waals surface area contributed by atoms with Crippen LogP contribution in [0.2, 0.25) is 5.02 Å². The number of hydrogen-bond acceptors (Lipinski definition) is 3. The van der Waals surface area contributed by atoms with E-state index in [4.69, 9.17) is 11.6 Å². The molecule has 2 heterocycles. The molecule has 1 fully saturated rings. The van der Waals surface area contributed by atoms with Crippen molar-refractivity contribution >= 4 is 17.2 Å². The Bertz CT molecular complexity index is 770. The van der Waals surface area contributed by atoms with Gasteiger partial charge in [-0.15, -0.1) is 0 Å². The van der Waals surface area contributed by atoms with E-state index in [1.165, 1.54) is 5.56 Å². The van der Waals surface area contributed by atoms with Crippen LogP contribution in [0.5, 0.6) is 0 Å². The highest BCUT2D eigenvalue weighted by Crippen LogP contribution is 2.34. The molecule has 3 unspecified atom stereocenters. The molecule has 3 atom stereocenters. The van der Waals surface area contributed by atoms with Gasteiger partial charge in [0.1, 0.15) is 0 Å². The van der Waals surface area contributed by atoms with Crippen molar-refractivity contribution in [2.45, 2.75) is 18.2 Å². The molecular weight excluding hydrogens is 320 g/mol. The van der Waals surface area contributed by atoms with Crippen molar-refractivity contribution in [3.8, 4) is 0 Å². The minimum absolute atomic E-state index is 0.0140. The second kappa shape index (κ2) is 6.44. The number of allylic oxidation sites excluding steroid dienone is 2. The Morgan fingerprint density at radius 2 is 1.79 bits per heavy atom. The second-order valence-corrected chi connectivity index (χ2v) is 6.58. The highest BCUT2D eigenvalue weighted by molar-refractivity contribution is 6.30. The van der Waals surface area contributed by atoms with Gasteiger partial charge in [-0.1, -0.05) is 60.1 Å². The van der Waals surface area contributed by atoms with Gasteiger partial charge in [0.2, 0.25) is 0 Å². The van der Waals surface area contributed by atoms with Crippen molar-refractivity contribution in [2.24, 2.45) is 0 Å². The normalized spacial score (nSPS) is 25.5. The molecule has 2 aromatic carbocycles. The third-order valence-electron chi connectivity index (χ3n) is 4.71. The number of benzene rings is 2. The van der Waals surface area contributed by atoms with Gasteiger partial charge in [0, 0.05) is 11.2 Å². The lowest BCUT2D eigenvalue weighted by atomic mass is 10.00. The standard InChI is InChI=1S/C20H19ClN2O/c21-17-9-6-15(7-10-17)20-18(13-24)23-12-16(8-11-19(23)22-20)14-4-2-1-3-5-14/h1-12,18-20,22,24H,13H2. The van der Waals surface area contributed by atoms with Crippen molar-refractivity contribution in [1.29, 1.82) is 0 Å². The summed E-state index contributed by atoms with van der Waals surface area (Å²) < 4.78 is 0. The number of nitrogens with one attached hydrogen (secondary N) is 1. The van der Waals surface area contributed by atoms with Crippen LogP contribution in [0.15, 0.2) is 72.9 Å². The van der Waals surface area contributed by atoms with Gasteiger partial charge in [-0.05, 0) is 34.9 Å². The fourth-order valence-corrected chi connectivity index (χ4v) is 3.60. The number of rotatable bonds is 3. The Balaban J connectivity index is 1.65. The Morgan fingerprint density at radius 1 is 1.04 bits per heavy atom. The van der Waals surface area contributed by atoms with E-state index in [9.17, 15) is 5.11 Å². The number of nitrogens with zero attached hydrogens (tertiary/aromatic N) is 1. The summed E-state index contributed by atoms with van der Waals surface area (Å²) in [6, 6.07) is 18.2. The van der Waals surface area contributed by atoms with E-state index in [0.29, 0.717) is 0 Å². The van der Waals surface area contributed by atoms with E-state index >= 15 is 0 Å². The van der Waals surface area contributed by atoms with Crippen molar-refractivity contribution in [3.05, 3.63) is 89.1 Å². The van der Waals surface area contributed by atoms with Crippen LogP contribution in [0.4, 0.5) is 0 Å². The van der Waals surface area contributed by atoms with Crippen molar-refractivity contribution < 1.29 is 5.11 Å². The summed E-state index contributed by atoms with van der Waals surface area (Å²) in [4.78, 5) is 2.21. The van der Waals surface area contributed by atoms with Crippen molar-refractivity contribution in [1.82, 2.24) is 10.2 Å². The van der Waals surface area contributed by atoms with Gasteiger partial charge < -0.3 is 10.0 Å². The molecule has 4 heteroatoms. The van der Waals surface area contributed by atoms with Crippen molar-refractivity contribution in [2.75, 3.05) is 6.61 Å². The summed E-state index contributed by atoms with van der Waals surface area (Å²) in [5.41, 5.74) is 3.47. The van der Waals surface area contributed by atoms with Crippen LogP contribution in [-0.4, -0.2) is 28.8 Å². The average molecular weight is 339 g/mol. The van der Waals surface area contributed by atoms with Crippen LogP contribution < -0.4 is 5.32 Å². The van der Waals surface area contributed by atoms with Gasteiger partial charge >= 0.3 is 0 Å². The van der Waals surface area contributed by atoms with E-state index in [1.807, 2.05) is 42.5 Å². The minimum Gasteiger partial charge on any atom is -0.394 e. The zero-order chi connectivity index (χ0) is 16.5. The number of aliphatic hydroxyl groups is 1. The molecule has 2 aromatic rings. The Labute approximate surface area is 146 Å². The molecule has 24 heavy (non-hydrogen) atoms. The lowest BCUT2D eigenvalue weighted by Gasteiger charge is -2.29. The summed E-state index contributed by atoms with van der Waals surface area (Å²) in [5.74, 6) is 0. The monoisotopic (exact) mass is 338 g/mol. The zero-order valence-electron chi connectivity index (χ0n) is 13.1. The number of hydrogen-bond donors (Lipinski definition) is 2. The third-order valence-corrected chi connectivity index (χ3v) is 4.96. The summed E-state index contributed by atoms with van der Waals surface area (Å²) in [6.45, 7) is 0.0865. The largest absolute Gasteiger partial charge is 0.394 e. The van der Waals surface area contributed by atoms with Crippen LogP contribution in [0, 0.1) is 0 Å². The van der Waals surface area contributed by atoms with Crippen molar-refractivity contribution in [3.63, 3.8) is 0 Å². The predicted octanol–water partition coefficient (Wildman–Crippen LogP) is 3.58. The van der Waals surface area contributed by atoms with Crippen LogP contribution >= 0.6 is 11.6 Å². The first-order chi connectivity index (χ1) is 11.8. The Hall–Kier alpha value is -2.07. The van der Waals surface area contributed by atoms with E-state index in [2.05, 4.69) is 40.7 Å². The topological polar surface area (TPSA) is 35.5 Å². The summed E-state index contributed by atoms with van der Waals surface area (Å²) in [7, 11) is 0. The van der Waals surface area contributed by atoms with Crippen LogP contribution in [-0.2, 0) is 0 Å². The number of aliphatic hydroxyl groups excluding tert-OH is 1. The predicted molar refractivity (Wildman–Crippen MR) is 97.4 cm³/mol. The molecule has 2 aliphatic heterocycles. The van der Waals surface area contributed by atoms with Gasteiger partial charge in [0.25, 0.3) is 0 Å². The van der Waals surface area contributed by atoms with Gasteiger partial charge in [0.05, 0.1) is 24.9 Å². The third kappa shape index (κ3) is 2.75. The molecule has 4 rings (SSSR count). The molecule has 0 radical (unpaired) electrons. The van der Waals surface area contributed by atoms with Gasteiger partial charge in [-0.2, -0.15) is 0 Å². The molecule has 0 amide bonds. The lowest BCUT2D eigenvalue weighted by Crippen LogP contribution is -2.36. The Morgan fingerprint density at radius 3 is 2.50 bits per heavy atom. The molecule has 0 aliphatic carbocycles. The summed E-state index contributed by atoms with van der Waals surface area (Å²) >= 11 is 6.00. The maximum absolute atomic E-state index is 9.99. The van der Waals surface area contributed by atoms with Crippen LogP contribution in [0.1, 0.15) is 17.2 Å². The second-order valence-electron chi connectivity index (χ2n) is 6.15. The quantitative estimate of drug-likeness (QED) is 0.898. The lowest BCUT2D eigenvalue weighted by molar-refractivity contribution is 0.175. The first kappa shape index (κ1) is 15.5. The molecule has 0 spiro atoms. The van der Waals surface area contributed by atoms with E-state index in [-0.39, 0.29) is 24.9 Å². The first-order valence-corrected chi connectivity index (χ1v) is 8.49.